The summed E-state index contributed by atoms with van der Waals surface area (Å²) in [5.74, 6) is -2.35. The summed E-state index contributed by atoms with van der Waals surface area (Å²) in [5, 5.41) is 0. The normalized spacial score (nSPS) is 18.6. The van der Waals surface area contributed by atoms with Gasteiger partial charge in [0.15, 0.2) is 0 Å². The molecule has 1 saturated carbocycles. The monoisotopic (exact) mass is 215 g/mol. The number of hydrogen-bond donors (Lipinski definition) is 1. The van der Waals surface area contributed by atoms with Crippen LogP contribution in [0.25, 0.3) is 0 Å². The van der Waals surface area contributed by atoms with Gasteiger partial charge in [-0.3, -0.25) is 0 Å². The van der Waals surface area contributed by atoms with E-state index in [0.717, 1.165) is 18.4 Å². The van der Waals surface area contributed by atoms with E-state index in [4.69, 9.17) is 5.73 Å². The Morgan fingerprint density at radius 3 is 2.21 bits per heavy atom. The second kappa shape index (κ2) is 3.51. The van der Waals surface area contributed by atoms with Crippen LogP contribution in [0.3, 0.4) is 0 Å². The van der Waals surface area contributed by atoms with Crippen molar-refractivity contribution in [1.29, 1.82) is 0 Å². The Kier molecular flexibility index (Phi) is 2.49. The van der Waals surface area contributed by atoms with E-state index in [-0.39, 0.29) is 5.54 Å². The maximum atomic E-state index is 12.0. The average Bonchev–Trinajstić information content (AvgIpc) is 2.85. The molecule has 0 radical (unpaired) electrons. The van der Waals surface area contributed by atoms with Gasteiger partial charge in [-0.2, -0.15) is 8.78 Å². The predicted molar refractivity (Wildman–Crippen MR) is 53.4 cm³/mol. The van der Waals surface area contributed by atoms with Crippen LogP contribution >= 0.6 is 11.8 Å². The summed E-state index contributed by atoms with van der Waals surface area (Å²) in [5.41, 5.74) is 6.84. The predicted octanol–water partition coefficient (Wildman–Crippen LogP) is 2.95. The molecule has 1 aromatic rings. The van der Waals surface area contributed by atoms with Gasteiger partial charge in [0.25, 0.3) is 5.76 Å². The van der Waals surface area contributed by atoms with E-state index in [1.165, 1.54) is 0 Å². The molecule has 0 amide bonds. The van der Waals surface area contributed by atoms with Crippen molar-refractivity contribution in [2.75, 3.05) is 0 Å². The van der Waals surface area contributed by atoms with Crippen molar-refractivity contribution in [1.82, 2.24) is 0 Å². The van der Waals surface area contributed by atoms with Crippen LogP contribution in [0.4, 0.5) is 8.78 Å². The van der Waals surface area contributed by atoms with E-state index in [9.17, 15) is 8.78 Å². The molecule has 2 N–H and O–H groups in total. The van der Waals surface area contributed by atoms with Gasteiger partial charge in [-0.25, -0.2) is 0 Å². The number of halogens is 2. The van der Waals surface area contributed by atoms with E-state index in [0.29, 0.717) is 16.7 Å². The topological polar surface area (TPSA) is 26.0 Å². The van der Waals surface area contributed by atoms with Crippen molar-refractivity contribution < 1.29 is 8.78 Å². The molecule has 0 aliphatic heterocycles. The van der Waals surface area contributed by atoms with Crippen LogP contribution in [-0.4, -0.2) is 5.76 Å². The van der Waals surface area contributed by atoms with E-state index < -0.39 is 5.76 Å². The molecular formula is C10H11F2NS. The van der Waals surface area contributed by atoms with Crippen molar-refractivity contribution in [3.63, 3.8) is 0 Å². The summed E-state index contributed by atoms with van der Waals surface area (Å²) in [6.07, 6.45) is 1.99. The standard InChI is InChI=1S/C10H11F2NS/c11-9(12)14-8-3-1-7(2-4-8)10(13)5-6-10/h1-4,9H,5-6,13H2. The van der Waals surface area contributed by atoms with E-state index >= 15 is 0 Å². The third-order valence-corrected chi connectivity index (χ3v) is 3.17. The summed E-state index contributed by atoms with van der Waals surface area (Å²) in [6, 6.07) is 7.10. The van der Waals surface area contributed by atoms with Crippen molar-refractivity contribution in [2.45, 2.75) is 29.0 Å². The minimum absolute atomic E-state index is 0.173. The SMILES string of the molecule is NC1(c2ccc(SC(F)F)cc2)CC1. The number of nitrogens with two attached hydrogens (primary N) is 1. The first-order valence-electron chi connectivity index (χ1n) is 4.44. The molecule has 1 fully saturated rings. The van der Waals surface area contributed by atoms with Crippen LogP contribution < -0.4 is 5.73 Å². The molecular weight excluding hydrogens is 204 g/mol. The number of hydrogen-bond acceptors (Lipinski definition) is 2. The maximum absolute atomic E-state index is 12.0. The van der Waals surface area contributed by atoms with Gasteiger partial charge in [0.2, 0.25) is 0 Å². The number of alkyl halides is 2. The molecule has 1 aliphatic rings. The van der Waals surface area contributed by atoms with Crippen LogP contribution in [0.1, 0.15) is 18.4 Å². The summed E-state index contributed by atoms with van der Waals surface area (Å²) in [4.78, 5) is 0.591. The van der Waals surface area contributed by atoms with Crippen LogP contribution in [0.15, 0.2) is 29.2 Å². The Bertz CT molecular complexity index is 319. The lowest BCUT2D eigenvalue weighted by atomic mass is 10.1. The average molecular weight is 215 g/mol. The zero-order valence-corrected chi connectivity index (χ0v) is 8.36. The molecule has 4 heteroatoms. The summed E-state index contributed by atoms with van der Waals surface area (Å²) >= 11 is 0.564. The van der Waals surface area contributed by atoms with Gasteiger partial charge in [0, 0.05) is 10.4 Å². The first-order chi connectivity index (χ1) is 6.60. The zero-order chi connectivity index (χ0) is 10.2. The third-order valence-electron chi connectivity index (χ3n) is 2.44. The van der Waals surface area contributed by atoms with Crippen LogP contribution in [-0.2, 0) is 5.54 Å². The van der Waals surface area contributed by atoms with Gasteiger partial charge in [0.1, 0.15) is 0 Å². The van der Waals surface area contributed by atoms with Crippen LogP contribution in [0.5, 0.6) is 0 Å². The Morgan fingerprint density at radius 1 is 1.21 bits per heavy atom. The van der Waals surface area contributed by atoms with Gasteiger partial charge in [-0.15, -0.1) is 0 Å². The fourth-order valence-corrected chi connectivity index (χ4v) is 1.89. The molecule has 0 heterocycles. The molecule has 0 unspecified atom stereocenters. The highest BCUT2D eigenvalue weighted by atomic mass is 32.2. The van der Waals surface area contributed by atoms with Gasteiger partial charge < -0.3 is 5.73 Å². The Labute approximate surface area is 85.7 Å². The lowest BCUT2D eigenvalue weighted by molar-refractivity contribution is 0.252. The number of thioether (sulfide) groups is 1. The van der Waals surface area contributed by atoms with Crippen LogP contribution in [0.2, 0.25) is 0 Å². The molecule has 2 rings (SSSR count). The van der Waals surface area contributed by atoms with Crippen LogP contribution in [0, 0.1) is 0 Å². The highest BCUT2D eigenvalue weighted by molar-refractivity contribution is 7.99. The highest BCUT2D eigenvalue weighted by Gasteiger charge is 2.39. The minimum atomic E-state index is -2.35. The number of benzene rings is 1. The lowest BCUT2D eigenvalue weighted by Gasteiger charge is -2.09. The Balaban J connectivity index is 2.10. The van der Waals surface area contributed by atoms with Crippen molar-refractivity contribution in [2.24, 2.45) is 5.73 Å². The second-order valence-electron chi connectivity index (χ2n) is 3.56. The summed E-state index contributed by atoms with van der Waals surface area (Å²) in [7, 11) is 0. The summed E-state index contributed by atoms with van der Waals surface area (Å²) < 4.78 is 24.0. The fourth-order valence-electron chi connectivity index (χ4n) is 1.39. The van der Waals surface area contributed by atoms with Crippen molar-refractivity contribution in [3.8, 4) is 0 Å². The first kappa shape index (κ1) is 9.93. The smallest absolute Gasteiger partial charge is 0.288 e. The van der Waals surface area contributed by atoms with Crippen molar-refractivity contribution >= 4 is 11.8 Å². The van der Waals surface area contributed by atoms with Gasteiger partial charge >= 0.3 is 0 Å². The van der Waals surface area contributed by atoms with E-state index in [1.54, 1.807) is 12.1 Å². The zero-order valence-electron chi connectivity index (χ0n) is 7.54. The molecule has 14 heavy (non-hydrogen) atoms. The molecule has 0 spiro atoms. The minimum Gasteiger partial charge on any atom is -0.321 e. The molecule has 1 nitrogen and oxygen atoms in total. The largest absolute Gasteiger partial charge is 0.321 e. The van der Waals surface area contributed by atoms with E-state index in [2.05, 4.69) is 0 Å². The van der Waals surface area contributed by atoms with E-state index in [1.807, 2.05) is 12.1 Å². The Hall–Kier alpha value is -0.610. The Morgan fingerprint density at radius 2 is 1.79 bits per heavy atom. The highest BCUT2D eigenvalue weighted by Crippen LogP contribution is 2.43. The molecule has 0 atom stereocenters. The first-order valence-corrected chi connectivity index (χ1v) is 5.32. The quantitative estimate of drug-likeness (QED) is 0.784. The molecule has 76 valence electrons. The summed E-state index contributed by atoms with van der Waals surface area (Å²) in [6.45, 7) is 0. The second-order valence-corrected chi connectivity index (χ2v) is 4.62. The molecule has 1 aliphatic carbocycles. The van der Waals surface area contributed by atoms with Gasteiger partial charge in [0.05, 0.1) is 0 Å². The molecule has 0 bridgehead atoms. The fraction of sp³-hybridized carbons (Fsp3) is 0.400. The molecule has 0 saturated heterocycles. The maximum Gasteiger partial charge on any atom is 0.288 e. The van der Waals surface area contributed by atoms with Gasteiger partial charge in [-0.05, 0) is 30.5 Å². The third kappa shape index (κ3) is 2.07. The molecule has 0 aromatic heterocycles. The van der Waals surface area contributed by atoms with Crippen molar-refractivity contribution in [3.05, 3.63) is 29.8 Å². The van der Waals surface area contributed by atoms with Gasteiger partial charge in [-0.1, -0.05) is 23.9 Å². The number of rotatable bonds is 3. The molecule has 1 aromatic carbocycles. The lowest BCUT2D eigenvalue weighted by Crippen LogP contribution is -2.18.